The molecule has 1 saturated carbocycles. The van der Waals surface area contributed by atoms with Gasteiger partial charge in [0, 0.05) is 23.7 Å². The quantitative estimate of drug-likeness (QED) is 0.888. The van der Waals surface area contributed by atoms with E-state index in [0.717, 1.165) is 23.4 Å². The Morgan fingerprint density at radius 1 is 1.25 bits per heavy atom. The highest BCUT2D eigenvalue weighted by atomic mass is 16.5. The van der Waals surface area contributed by atoms with Gasteiger partial charge in [0.25, 0.3) is 0 Å². The Morgan fingerprint density at radius 3 is 2.75 bits per heavy atom. The van der Waals surface area contributed by atoms with Gasteiger partial charge in [-0.3, -0.25) is 0 Å². The summed E-state index contributed by atoms with van der Waals surface area (Å²) >= 11 is 0. The standard InChI is InChI=1S/C16H27N3O/c1-10(16-11(2)19-20-12(16)3)18-15-7-4-6-13(15)14-8-5-9-17-14/h10,13-15,17-18H,4-9H2,1-3H3. The first-order valence-corrected chi connectivity index (χ1v) is 8.09. The van der Waals surface area contributed by atoms with Gasteiger partial charge in [-0.25, -0.2) is 0 Å². The van der Waals surface area contributed by atoms with Crippen LogP contribution in [0, 0.1) is 19.8 Å². The maximum Gasteiger partial charge on any atom is 0.138 e. The summed E-state index contributed by atoms with van der Waals surface area (Å²) in [6.07, 6.45) is 6.71. The van der Waals surface area contributed by atoms with Crippen LogP contribution >= 0.6 is 0 Å². The van der Waals surface area contributed by atoms with Gasteiger partial charge in [-0.1, -0.05) is 11.6 Å². The Morgan fingerprint density at radius 2 is 2.10 bits per heavy atom. The van der Waals surface area contributed by atoms with Crippen molar-refractivity contribution >= 4 is 0 Å². The zero-order valence-electron chi connectivity index (χ0n) is 12.9. The Labute approximate surface area is 121 Å². The second-order valence-corrected chi connectivity index (χ2v) is 6.53. The molecule has 0 spiro atoms. The summed E-state index contributed by atoms with van der Waals surface area (Å²) in [7, 11) is 0. The molecule has 1 aliphatic heterocycles. The summed E-state index contributed by atoms with van der Waals surface area (Å²) in [5, 5.41) is 11.6. The fourth-order valence-corrected chi connectivity index (χ4v) is 4.27. The van der Waals surface area contributed by atoms with Crippen LogP contribution in [0.5, 0.6) is 0 Å². The first-order valence-electron chi connectivity index (χ1n) is 8.09. The lowest BCUT2D eigenvalue weighted by molar-refractivity contribution is 0.302. The summed E-state index contributed by atoms with van der Waals surface area (Å²) in [4.78, 5) is 0. The molecule has 1 aliphatic carbocycles. The van der Waals surface area contributed by atoms with E-state index in [1.54, 1.807) is 0 Å². The largest absolute Gasteiger partial charge is 0.361 e. The minimum absolute atomic E-state index is 0.327. The molecule has 20 heavy (non-hydrogen) atoms. The third kappa shape index (κ3) is 2.63. The van der Waals surface area contributed by atoms with Gasteiger partial charge in [0.05, 0.1) is 5.69 Å². The molecule has 4 nitrogen and oxygen atoms in total. The molecule has 1 saturated heterocycles. The van der Waals surface area contributed by atoms with Crippen LogP contribution in [0.15, 0.2) is 4.52 Å². The Hall–Kier alpha value is -0.870. The molecule has 1 aromatic rings. The summed E-state index contributed by atoms with van der Waals surface area (Å²) in [6.45, 7) is 7.49. The monoisotopic (exact) mass is 277 g/mol. The average molecular weight is 277 g/mol. The van der Waals surface area contributed by atoms with Gasteiger partial charge < -0.3 is 15.2 Å². The second kappa shape index (κ2) is 5.86. The summed E-state index contributed by atoms with van der Waals surface area (Å²) in [6, 6.07) is 1.69. The van der Waals surface area contributed by atoms with Crippen molar-refractivity contribution in [3.8, 4) is 0 Å². The molecule has 0 bridgehead atoms. The molecule has 112 valence electrons. The predicted molar refractivity (Wildman–Crippen MR) is 79.7 cm³/mol. The number of nitrogens with one attached hydrogen (secondary N) is 2. The number of hydrogen-bond donors (Lipinski definition) is 2. The molecule has 0 aromatic carbocycles. The highest BCUT2D eigenvalue weighted by molar-refractivity contribution is 5.24. The number of rotatable bonds is 4. The molecule has 4 heteroatoms. The van der Waals surface area contributed by atoms with Crippen molar-refractivity contribution < 1.29 is 4.52 Å². The van der Waals surface area contributed by atoms with Crippen molar-refractivity contribution in [2.75, 3.05) is 6.54 Å². The molecule has 3 rings (SSSR count). The van der Waals surface area contributed by atoms with Crippen molar-refractivity contribution in [1.29, 1.82) is 0 Å². The molecule has 4 unspecified atom stereocenters. The molecule has 2 N–H and O–H groups in total. The van der Waals surface area contributed by atoms with Crippen LogP contribution in [0.25, 0.3) is 0 Å². The van der Waals surface area contributed by atoms with Gasteiger partial charge in [-0.15, -0.1) is 0 Å². The molecular formula is C16H27N3O. The third-order valence-electron chi connectivity index (χ3n) is 5.17. The van der Waals surface area contributed by atoms with Crippen LogP contribution in [0.4, 0.5) is 0 Å². The van der Waals surface area contributed by atoms with Crippen LogP contribution in [0.3, 0.4) is 0 Å². The predicted octanol–water partition coefficient (Wildman–Crippen LogP) is 2.86. The first kappa shape index (κ1) is 14.1. The summed E-state index contributed by atoms with van der Waals surface area (Å²) in [5.74, 6) is 1.75. The summed E-state index contributed by atoms with van der Waals surface area (Å²) < 4.78 is 5.31. The third-order valence-corrected chi connectivity index (χ3v) is 5.17. The molecule has 2 heterocycles. The number of nitrogens with zero attached hydrogens (tertiary/aromatic N) is 1. The highest BCUT2D eigenvalue weighted by Gasteiger charge is 2.35. The van der Waals surface area contributed by atoms with E-state index in [2.05, 4.69) is 22.7 Å². The van der Waals surface area contributed by atoms with Crippen molar-refractivity contribution in [3.05, 3.63) is 17.0 Å². The van der Waals surface area contributed by atoms with Gasteiger partial charge in [-0.05, 0) is 58.9 Å². The van der Waals surface area contributed by atoms with E-state index < -0.39 is 0 Å². The zero-order valence-corrected chi connectivity index (χ0v) is 12.9. The number of hydrogen-bond acceptors (Lipinski definition) is 4. The minimum atomic E-state index is 0.327. The highest BCUT2D eigenvalue weighted by Crippen LogP contribution is 2.34. The van der Waals surface area contributed by atoms with E-state index in [1.165, 1.54) is 44.2 Å². The normalized spacial score (nSPS) is 31.9. The van der Waals surface area contributed by atoms with E-state index in [9.17, 15) is 0 Å². The van der Waals surface area contributed by atoms with Crippen molar-refractivity contribution in [2.24, 2.45) is 5.92 Å². The van der Waals surface area contributed by atoms with E-state index in [0.29, 0.717) is 12.1 Å². The van der Waals surface area contributed by atoms with Gasteiger partial charge in [0.2, 0.25) is 0 Å². The fraction of sp³-hybridized carbons (Fsp3) is 0.812. The van der Waals surface area contributed by atoms with Crippen LogP contribution in [-0.2, 0) is 0 Å². The van der Waals surface area contributed by atoms with Crippen LogP contribution in [-0.4, -0.2) is 23.8 Å². The molecule has 2 aliphatic rings. The molecule has 4 atom stereocenters. The SMILES string of the molecule is Cc1noc(C)c1C(C)NC1CCCC1C1CCCN1. The molecule has 2 fully saturated rings. The zero-order chi connectivity index (χ0) is 14.1. The Kier molecular flexibility index (Phi) is 4.13. The molecule has 0 radical (unpaired) electrons. The van der Waals surface area contributed by atoms with Crippen LogP contribution < -0.4 is 10.6 Å². The van der Waals surface area contributed by atoms with Crippen molar-refractivity contribution in [2.45, 2.75) is 71.0 Å². The van der Waals surface area contributed by atoms with E-state index in [4.69, 9.17) is 4.52 Å². The maximum absolute atomic E-state index is 5.31. The first-order chi connectivity index (χ1) is 9.66. The lowest BCUT2D eigenvalue weighted by Gasteiger charge is -2.29. The van der Waals surface area contributed by atoms with Gasteiger partial charge in [0.15, 0.2) is 0 Å². The Bertz CT molecular complexity index is 431. The van der Waals surface area contributed by atoms with Crippen molar-refractivity contribution in [3.63, 3.8) is 0 Å². The number of aromatic nitrogens is 1. The lowest BCUT2D eigenvalue weighted by Crippen LogP contribution is -2.43. The smallest absolute Gasteiger partial charge is 0.138 e. The van der Waals surface area contributed by atoms with Crippen LogP contribution in [0.1, 0.15) is 62.1 Å². The van der Waals surface area contributed by atoms with Gasteiger partial charge in [-0.2, -0.15) is 0 Å². The van der Waals surface area contributed by atoms with Crippen LogP contribution in [0.2, 0.25) is 0 Å². The minimum Gasteiger partial charge on any atom is -0.361 e. The van der Waals surface area contributed by atoms with Gasteiger partial charge in [0.1, 0.15) is 5.76 Å². The van der Waals surface area contributed by atoms with E-state index in [1.807, 2.05) is 13.8 Å². The average Bonchev–Trinajstić information content (AvgIpc) is 3.10. The number of aryl methyl sites for hydroxylation is 2. The van der Waals surface area contributed by atoms with E-state index in [-0.39, 0.29) is 0 Å². The van der Waals surface area contributed by atoms with Gasteiger partial charge >= 0.3 is 0 Å². The maximum atomic E-state index is 5.31. The van der Waals surface area contributed by atoms with Crippen molar-refractivity contribution in [1.82, 2.24) is 15.8 Å². The Balaban J connectivity index is 1.67. The topological polar surface area (TPSA) is 50.1 Å². The summed E-state index contributed by atoms with van der Waals surface area (Å²) in [5.41, 5.74) is 2.27. The lowest BCUT2D eigenvalue weighted by atomic mass is 9.92. The molecular weight excluding hydrogens is 250 g/mol. The molecule has 0 amide bonds. The fourth-order valence-electron chi connectivity index (χ4n) is 4.27. The second-order valence-electron chi connectivity index (χ2n) is 6.53. The molecule has 1 aromatic heterocycles. The van der Waals surface area contributed by atoms with E-state index >= 15 is 0 Å².